The summed E-state index contributed by atoms with van der Waals surface area (Å²) in [4.78, 5) is 11.7. The lowest BCUT2D eigenvalue weighted by molar-refractivity contribution is -0.155. The van der Waals surface area contributed by atoms with Gasteiger partial charge in [0.15, 0.2) is 0 Å². The van der Waals surface area contributed by atoms with Gasteiger partial charge in [-0.3, -0.25) is 4.79 Å². The standard InChI is InChI=1S/C15H21IO2.C9H12IN/c1-11(10-14(17)18-15(2,3)4)9-12-5-7-13(16)8-6-12;1-7(11)6-8-2-4-9(10)5-3-8/h5-8,11H,9-10H2,1-4H3;2-5,7H,6,11H2,1H3. The fraction of sp³-hybridized carbons (Fsp3) is 0.458. The maximum atomic E-state index is 11.7. The van der Waals surface area contributed by atoms with Crippen molar-refractivity contribution in [3.05, 3.63) is 66.8 Å². The van der Waals surface area contributed by atoms with Crippen molar-refractivity contribution >= 4 is 51.2 Å². The first kappa shape index (κ1) is 26.4. The van der Waals surface area contributed by atoms with Crippen molar-refractivity contribution in [2.45, 2.75) is 65.5 Å². The molecule has 0 fully saturated rings. The van der Waals surface area contributed by atoms with Gasteiger partial charge in [-0.25, -0.2) is 0 Å². The number of hydrogen-bond donors (Lipinski definition) is 1. The molecule has 2 aromatic carbocycles. The van der Waals surface area contributed by atoms with E-state index in [4.69, 9.17) is 10.5 Å². The molecule has 0 amide bonds. The Labute approximate surface area is 203 Å². The van der Waals surface area contributed by atoms with Gasteiger partial charge >= 0.3 is 5.97 Å². The van der Waals surface area contributed by atoms with Crippen molar-refractivity contribution in [1.29, 1.82) is 0 Å². The molecule has 2 aromatic rings. The highest BCUT2D eigenvalue weighted by atomic mass is 127. The van der Waals surface area contributed by atoms with E-state index in [1.165, 1.54) is 18.3 Å². The number of hydrogen-bond acceptors (Lipinski definition) is 3. The molecule has 0 radical (unpaired) electrons. The second kappa shape index (κ2) is 12.9. The van der Waals surface area contributed by atoms with Crippen molar-refractivity contribution in [3.8, 4) is 0 Å². The summed E-state index contributed by atoms with van der Waals surface area (Å²) in [6.07, 6.45) is 2.36. The third-order valence-corrected chi connectivity index (χ3v) is 5.34. The van der Waals surface area contributed by atoms with E-state index >= 15 is 0 Å². The average molecular weight is 621 g/mol. The number of carbonyl (C=O) groups excluding carboxylic acids is 1. The molecule has 0 spiro atoms. The van der Waals surface area contributed by atoms with Crippen LogP contribution in [-0.4, -0.2) is 17.6 Å². The lowest BCUT2D eigenvalue weighted by Crippen LogP contribution is -2.25. The number of nitrogens with two attached hydrogens (primary N) is 1. The van der Waals surface area contributed by atoms with E-state index in [9.17, 15) is 4.79 Å². The SMILES string of the molecule is CC(CC(=O)OC(C)(C)C)Cc1ccc(I)cc1.CC(N)Cc1ccc(I)cc1. The van der Waals surface area contributed by atoms with Crippen LogP contribution in [-0.2, 0) is 22.4 Å². The van der Waals surface area contributed by atoms with Gasteiger partial charge in [-0.2, -0.15) is 0 Å². The van der Waals surface area contributed by atoms with Gasteiger partial charge in [-0.05, 0) is 127 Å². The maximum absolute atomic E-state index is 11.7. The number of ether oxygens (including phenoxy) is 1. The smallest absolute Gasteiger partial charge is 0.306 e. The summed E-state index contributed by atoms with van der Waals surface area (Å²) in [5, 5.41) is 0. The van der Waals surface area contributed by atoms with Crippen molar-refractivity contribution in [1.82, 2.24) is 0 Å². The Morgan fingerprint density at radius 1 is 0.897 bits per heavy atom. The molecule has 0 bridgehead atoms. The normalized spacial score (nSPS) is 13.1. The van der Waals surface area contributed by atoms with Gasteiger partial charge in [0.25, 0.3) is 0 Å². The summed E-state index contributed by atoms with van der Waals surface area (Å²) in [5.41, 5.74) is 7.86. The minimum Gasteiger partial charge on any atom is -0.460 e. The lowest BCUT2D eigenvalue weighted by atomic mass is 9.98. The fourth-order valence-electron chi connectivity index (χ4n) is 2.75. The van der Waals surface area contributed by atoms with E-state index in [1.54, 1.807) is 0 Å². The number of benzene rings is 2. The molecule has 0 heterocycles. The monoisotopic (exact) mass is 621 g/mol. The molecule has 29 heavy (non-hydrogen) atoms. The van der Waals surface area contributed by atoms with Gasteiger partial charge in [0, 0.05) is 19.6 Å². The maximum Gasteiger partial charge on any atom is 0.306 e. The Hall–Kier alpha value is -0.670. The van der Waals surface area contributed by atoms with E-state index < -0.39 is 0 Å². The fourth-order valence-corrected chi connectivity index (χ4v) is 3.47. The molecule has 0 aliphatic rings. The molecule has 3 nitrogen and oxygen atoms in total. The molecule has 0 aliphatic carbocycles. The quantitative estimate of drug-likeness (QED) is 0.301. The largest absolute Gasteiger partial charge is 0.460 e. The molecule has 2 atom stereocenters. The minimum atomic E-state index is -0.389. The minimum absolute atomic E-state index is 0.111. The van der Waals surface area contributed by atoms with E-state index in [1.807, 2.05) is 27.7 Å². The van der Waals surface area contributed by atoms with Crippen molar-refractivity contribution in [2.24, 2.45) is 11.7 Å². The van der Waals surface area contributed by atoms with Gasteiger partial charge < -0.3 is 10.5 Å². The van der Waals surface area contributed by atoms with Crippen LogP contribution >= 0.6 is 45.2 Å². The molecular weight excluding hydrogens is 588 g/mol. The van der Waals surface area contributed by atoms with Crippen LogP contribution in [0.25, 0.3) is 0 Å². The Morgan fingerprint density at radius 2 is 1.31 bits per heavy atom. The molecule has 2 unspecified atom stereocenters. The predicted molar refractivity (Wildman–Crippen MR) is 139 cm³/mol. The molecular formula is C24H33I2NO2. The van der Waals surface area contributed by atoms with Crippen molar-refractivity contribution in [2.75, 3.05) is 0 Å². The Balaban J connectivity index is 0.000000326. The van der Waals surface area contributed by atoms with Gasteiger partial charge in [0.05, 0.1) is 0 Å². The molecule has 0 aromatic heterocycles. The first-order chi connectivity index (χ1) is 13.4. The van der Waals surface area contributed by atoms with Gasteiger partial charge in [-0.1, -0.05) is 31.2 Å². The Bertz CT molecular complexity index is 735. The first-order valence-corrected chi connectivity index (χ1v) is 12.1. The number of carbonyl (C=O) groups is 1. The zero-order chi connectivity index (χ0) is 22.0. The summed E-state index contributed by atoms with van der Waals surface area (Å²) >= 11 is 4.59. The number of rotatable bonds is 6. The Kier molecular flexibility index (Phi) is 11.7. The molecule has 2 rings (SSSR count). The van der Waals surface area contributed by atoms with E-state index in [0.29, 0.717) is 12.3 Å². The summed E-state index contributed by atoms with van der Waals surface area (Å²) in [6, 6.07) is 17.2. The Morgan fingerprint density at radius 3 is 1.69 bits per heavy atom. The molecule has 0 aliphatic heterocycles. The van der Waals surface area contributed by atoms with Gasteiger partial charge in [0.2, 0.25) is 0 Å². The van der Waals surface area contributed by atoms with Gasteiger partial charge in [0.1, 0.15) is 5.60 Å². The van der Waals surface area contributed by atoms with Crippen LogP contribution in [0.3, 0.4) is 0 Å². The third-order valence-electron chi connectivity index (χ3n) is 3.90. The molecule has 0 saturated carbocycles. The van der Waals surface area contributed by atoms with E-state index in [0.717, 1.165) is 12.8 Å². The van der Waals surface area contributed by atoms with Crippen LogP contribution in [0.5, 0.6) is 0 Å². The average Bonchev–Trinajstić information content (AvgIpc) is 2.57. The summed E-state index contributed by atoms with van der Waals surface area (Å²) < 4.78 is 7.83. The van der Waals surface area contributed by atoms with Crippen LogP contribution in [0.15, 0.2) is 48.5 Å². The topological polar surface area (TPSA) is 52.3 Å². The number of esters is 1. The highest BCUT2D eigenvalue weighted by molar-refractivity contribution is 14.1. The summed E-state index contributed by atoms with van der Waals surface area (Å²) in [5.74, 6) is 0.195. The van der Waals surface area contributed by atoms with Gasteiger partial charge in [-0.15, -0.1) is 0 Å². The lowest BCUT2D eigenvalue weighted by Gasteiger charge is -2.21. The summed E-state index contributed by atoms with van der Waals surface area (Å²) in [6.45, 7) is 9.80. The predicted octanol–water partition coefficient (Wildman–Crippen LogP) is 6.38. The zero-order valence-corrected chi connectivity index (χ0v) is 22.4. The molecule has 2 N–H and O–H groups in total. The highest BCUT2D eigenvalue weighted by Gasteiger charge is 2.18. The van der Waals surface area contributed by atoms with Crippen LogP contribution in [0, 0.1) is 13.1 Å². The number of halogens is 2. The molecule has 5 heteroatoms. The van der Waals surface area contributed by atoms with Crippen molar-refractivity contribution < 1.29 is 9.53 Å². The van der Waals surface area contributed by atoms with Crippen LogP contribution in [0.4, 0.5) is 0 Å². The van der Waals surface area contributed by atoms with Crippen LogP contribution < -0.4 is 5.73 Å². The first-order valence-electron chi connectivity index (χ1n) is 9.91. The second-order valence-electron chi connectivity index (χ2n) is 8.53. The zero-order valence-electron chi connectivity index (χ0n) is 18.0. The molecule has 160 valence electrons. The van der Waals surface area contributed by atoms with E-state index in [2.05, 4.69) is 101 Å². The second-order valence-corrected chi connectivity index (χ2v) is 11.0. The van der Waals surface area contributed by atoms with Crippen LogP contribution in [0.1, 0.15) is 52.2 Å². The van der Waals surface area contributed by atoms with Crippen molar-refractivity contribution in [3.63, 3.8) is 0 Å². The third kappa shape index (κ3) is 13.3. The summed E-state index contributed by atoms with van der Waals surface area (Å²) in [7, 11) is 0. The van der Waals surface area contributed by atoms with E-state index in [-0.39, 0.29) is 17.6 Å². The van der Waals surface area contributed by atoms with Crippen LogP contribution in [0.2, 0.25) is 0 Å². The molecule has 0 saturated heterocycles. The highest BCUT2D eigenvalue weighted by Crippen LogP contribution is 2.16.